The van der Waals surface area contributed by atoms with Gasteiger partial charge in [0.25, 0.3) is 0 Å². The summed E-state index contributed by atoms with van der Waals surface area (Å²) in [5, 5.41) is 0. The van der Waals surface area contributed by atoms with Gasteiger partial charge >= 0.3 is 0 Å². The maximum Gasteiger partial charge on any atom is 0.00153 e. The molecule has 0 amide bonds. The van der Waals surface area contributed by atoms with Gasteiger partial charge in [-0.1, -0.05) is 32.3 Å². The molecule has 0 bridgehead atoms. The first kappa shape index (κ1) is 11.7. The molecule has 2 unspecified atom stereocenters. The SMILES string of the molecule is C#C/C(=C/C)CPCC(C)CC. The van der Waals surface area contributed by atoms with E-state index < -0.39 is 0 Å². The van der Waals surface area contributed by atoms with Gasteiger partial charge in [0.05, 0.1) is 0 Å². The molecule has 12 heavy (non-hydrogen) atoms. The summed E-state index contributed by atoms with van der Waals surface area (Å²) in [6.45, 7) is 6.56. The van der Waals surface area contributed by atoms with Gasteiger partial charge in [-0.15, -0.1) is 15.0 Å². The predicted molar refractivity (Wildman–Crippen MR) is 60.1 cm³/mol. The summed E-state index contributed by atoms with van der Waals surface area (Å²) >= 11 is 0. The van der Waals surface area contributed by atoms with E-state index in [9.17, 15) is 0 Å². The third kappa shape index (κ3) is 5.39. The molecule has 0 aromatic heterocycles. The fourth-order valence-electron chi connectivity index (χ4n) is 0.834. The number of allylic oxidation sites excluding steroid dienone is 2. The number of terminal acetylenes is 1. The molecule has 0 saturated heterocycles. The lowest BCUT2D eigenvalue weighted by Crippen LogP contribution is -1.95. The molecule has 0 nitrogen and oxygen atoms in total. The Morgan fingerprint density at radius 1 is 1.67 bits per heavy atom. The summed E-state index contributed by atoms with van der Waals surface area (Å²) in [4.78, 5) is 0. The molecule has 0 aromatic carbocycles. The standard InChI is InChI=1S/C11H19P/c1-5-10(4)8-12-9-11(6-2)7-3/h2,7,10,12H,5,8-9H2,1,3-4H3/b11-7-. The highest BCUT2D eigenvalue weighted by Gasteiger charge is 1.98. The van der Waals surface area contributed by atoms with Crippen molar-refractivity contribution in [2.45, 2.75) is 27.2 Å². The Balaban J connectivity index is 3.50. The van der Waals surface area contributed by atoms with Crippen LogP contribution in [0.5, 0.6) is 0 Å². The van der Waals surface area contributed by atoms with E-state index in [1.807, 2.05) is 13.0 Å². The lowest BCUT2D eigenvalue weighted by atomic mass is 10.2. The second kappa shape index (κ2) is 7.38. The van der Waals surface area contributed by atoms with Crippen molar-refractivity contribution >= 4 is 8.58 Å². The number of rotatable bonds is 5. The van der Waals surface area contributed by atoms with E-state index in [1.165, 1.54) is 12.6 Å². The maximum absolute atomic E-state index is 5.32. The Bertz CT molecular complexity index is 174. The Labute approximate surface area is 78.6 Å². The van der Waals surface area contributed by atoms with Crippen LogP contribution in [0.1, 0.15) is 27.2 Å². The van der Waals surface area contributed by atoms with E-state index in [0.29, 0.717) is 0 Å². The van der Waals surface area contributed by atoms with E-state index in [1.54, 1.807) is 0 Å². The summed E-state index contributed by atoms with van der Waals surface area (Å²) in [7, 11) is 1.00. The number of hydrogen-bond acceptors (Lipinski definition) is 0. The topological polar surface area (TPSA) is 0 Å². The first-order chi connectivity index (χ1) is 5.74. The van der Waals surface area contributed by atoms with E-state index in [0.717, 1.165) is 26.2 Å². The van der Waals surface area contributed by atoms with Crippen LogP contribution in [0.25, 0.3) is 0 Å². The Morgan fingerprint density at radius 3 is 2.75 bits per heavy atom. The molecule has 1 heteroatoms. The van der Waals surface area contributed by atoms with Crippen LogP contribution in [-0.4, -0.2) is 12.3 Å². The van der Waals surface area contributed by atoms with Crippen molar-refractivity contribution in [1.29, 1.82) is 0 Å². The van der Waals surface area contributed by atoms with Crippen molar-refractivity contribution in [3.05, 3.63) is 11.6 Å². The van der Waals surface area contributed by atoms with Crippen molar-refractivity contribution < 1.29 is 0 Å². The highest BCUT2D eigenvalue weighted by atomic mass is 31.1. The molecule has 0 aliphatic heterocycles. The average molecular weight is 182 g/mol. The van der Waals surface area contributed by atoms with E-state index in [2.05, 4.69) is 19.8 Å². The normalized spacial score (nSPS) is 15.0. The van der Waals surface area contributed by atoms with E-state index >= 15 is 0 Å². The molecule has 0 aliphatic rings. The molecule has 0 rings (SSSR count). The number of hydrogen-bond donors (Lipinski definition) is 0. The van der Waals surface area contributed by atoms with Crippen molar-refractivity contribution in [1.82, 2.24) is 0 Å². The van der Waals surface area contributed by atoms with Gasteiger partial charge in [-0.2, -0.15) is 0 Å². The van der Waals surface area contributed by atoms with Crippen molar-refractivity contribution in [2.24, 2.45) is 5.92 Å². The van der Waals surface area contributed by atoms with Crippen LogP contribution >= 0.6 is 8.58 Å². The lowest BCUT2D eigenvalue weighted by molar-refractivity contribution is 0.635. The maximum atomic E-state index is 5.32. The molecular formula is C11H19P. The summed E-state index contributed by atoms with van der Waals surface area (Å²) in [5.41, 5.74) is 1.16. The van der Waals surface area contributed by atoms with Crippen LogP contribution in [-0.2, 0) is 0 Å². The fraction of sp³-hybridized carbons (Fsp3) is 0.636. The molecular weight excluding hydrogens is 163 g/mol. The monoisotopic (exact) mass is 182 g/mol. The average Bonchev–Trinajstić information content (AvgIpc) is 2.12. The second-order valence-electron chi connectivity index (χ2n) is 3.10. The third-order valence-electron chi connectivity index (χ3n) is 2.04. The highest BCUT2D eigenvalue weighted by Crippen LogP contribution is 2.19. The quantitative estimate of drug-likeness (QED) is 0.452. The van der Waals surface area contributed by atoms with Crippen molar-refractivity contribution in [3.8, 4) is 12.3 Å². The molecule has 0 saturated carbocycles. The molecule has 0 radical (unpaired) electrons. The van der Waals surface area contributed by atoms with Crippen molar-refractivity contribution in [2.75, 3.05) is 12.3 Å². The zero-order chi connectivity index (χ0) is 9.40. The second-order valence-corrected chi connectivity index (χ2v) is 4.36. The van der Waals surface area contributed by atoms with Crippen LogP contribution in [0, 0.1) is 18.3 Å². The minimum Gasteiger partial charge on any atom is -0.117 e. The van der Waals surface area contributed by atoms with Crippen LogP contribution in [0.3, 0.4) is 0 Å². The first-order valence-electron chi connectivity index (χ1n) is 4.57. The van der Waals surface area contributed by atoms with Gasteiger partial charge in [-0.25, -0.2) is 0 Å². The van der Waals surface area contributed by atoms with Crippen molar-refractivity contribution in [3.63, 3.8) is 0 Å². The molecule has 0 aliphatic carbocycles. The molecule has 2 atom stereocenters. The van der Waals surface area contributed by atoms with E-state index in [4.69, 9.17) is 6.42 Å². The zero-order valence-electron chi connectivity index (χ0n) is 8.35. The largest absolute Gasteiger partial charge is 0.117 e. The zero-order valence-corrected chi connectivity index (χ0v) is 9.35. The minimum absolute atomic E-state index is 0.860. The Kier molecular flexibility index (Phi) is 7.22. The molecule has 0 heterocycles. The van der Waals surface area contributed by atoms with Gasteiger partial charge in [0, 0.05) is 5.57 Å². The smallest absolute Gasteiger partial charge is 0.00153 e. The molecule has 0 spiro atoms. The van der Waals surface area contributed by atoms with E-state index in [-0.39, 0.29) is 0 Å². The first-order valence-corrected chi connectivity index (χ1v) is 5.98. The molecule has 0 fully saturated rings. The van der Waals surface area contributed by atoms with Crippen LogP contribution in [0.2, 0.25) is 0 Å². The predicted octanol–water partition coefficient (Wildman–Crippen LogP) is 3.29. The van der Waals surface area contributed by atoms with Gasteiger partial charge in [-0.3, -0.25) is 0 Å². The summed E-state index contributed by atoms with van der Waals surface area (Å²) < 4.78 is 0. The highest BCUT2D eigenvalue weighted by molar-refractivity contribution is 7.38. The molecule has 68 valence electrons. The van der Waals surface area contributed by atoms with Crippen LogP contribution in [0.4, 0.5) is 0 Å². The summed E-state index contributed by atoms with van der Waals surface area (Å²) in [5.74, 6) is 3.57. The molecule has 0 aromatic rings. The minimum atomic E-state index is 0.860. The van der Waals surface area contributed by atoms with Crippen LogP contribution < -0.4 is 0 Å². The molecule has 0 N–H and O–H groups in total. The lowest BCUT2D eigenvalue weighted by Gasteiger charge is -2.07. The Hall–Kier alpha value is -0.270. The summed E-state index contributed by atoms with van der Waals surface area (Å²) in [6.07, 6.45) is 11.1. The fourth-order valence-corrected chi connectivity index (χ4v) is 2.34. The summed E-state index contributed by atoms with van der Waals surface area (Å²) in [6, 6.07) is 0. The Morgan fingerprint density at radius 2 is 2.33 bits per heavy atom. The van der Waals surface area contributed by atoms with Gasteiger partial charge in [-0.05, 0) is 25.2 Å². The van der Waals surface area contributed by atoms with Gasteiger partial charge < -0.3 is 0 Å². The van der Waals surface area contributed by atoms with Gasteiger partial charge in [0.15, 0.2) is 0 Å². The van der Waals surface area contributed by atoms with Gasteiger partial charge in [0.2, 0.25) is 0 Å². The van der Waals surface area contributed by atoms with Crippen LogP contribution in [0.15, 0.2) is 11.6 Å². The van der Waals surface area contributed by atoms with Gasteiger partial charge in [0.1, 0.15) is 0 Å². The third-order valence-corrected chi connectivity index (χ3v) is 3.66.